The Morgan fingerprint density at radius 1 is 1.06 bits per heavy atom. The molecule has 1 aliphatic carbocycles. The van der Waals surface area contributed by atoms with Crippen molar-refractivity contribution in [3.05, 3.63) is 83.4 Å². The third-order valence-corrected chi connectivity index (χ3v) is 7.86. The van der Waals surface area contributed by atoms with Gasteiger partial charge in [-0.1, -0.05) is 56.2 Å². The maximum absolute atomic E-state index is 13.7. The summed E-state index contributed by atoms with van der Waals surface area (Å²) in [5, 5.41) is 3.18. The number of anilines is 1. The average Bonchev–Trinajstić information content (AvgIpc) is 3.41. The number of carbonyl (C=O) groups is 1. The van der Waals surface area contributed by atoms with Crippen LogP contribution in [-0.4, -0.2) is 33.9 Å². The van der Waals surface area contributed by atoms with Gasteiger partial charge in [0.1, 0.15) is 0 Å². The zero-order chi connectivity index (χ0) is 24.3. The second-order valence-electron chi connectivity index (χ2n) is 10.2. The summed E-state index contributed by atoms with van der Waals surface area (Å²) >= 11 is 0. The molecule has 1 saturated heterocycles. The molecule has 1 atom stereocenters. The number of hydrogen-bond donors (Lipinski definition) is 1. The molecule has 0 radical (unpaired) electrons. The van der Waals surface area contributed by atoms with E-state index in [0.29, 0.717) is 5.56 Å². The lowest BCUT2D eigenvalue weighted by atomic mass is 9.74. The average molecular weight is 470 g/mol. The van der Waals surface area contributed by atoms with Crippen molar-refractivity contribution in [1.82, 2.24) is 20.3 Å². The molecule has 6 heteroatoms. The molecule has 1 aliphatic heterocycles. The van der Waals surface area contributed by atoms with Crippen molar-refractivity contribution in [1.29, 1.82) is 0 Å². The Morgan fingerprint density at radius 2 is 1.80 bits per heavy atom. The van der Waals surface area contributed by atoms with Gasteiger partial charge in [-0.15, -0.1) is 0 Å². The quantitative estimate of drug-likeness (QED) is 0.519. The molecule has 0 spiro atoms. The zero-order valence-electron chi connectivity index (χ0n) is 20.8. The molecule has 1 saturated carbocycles. The molecule has 2 aromatic heterocycles. The molecule has 182 valence electrons. The number of piperidine rings is 1. The fourth-order valence-corrected chi connectivity index (χ4v) is 5.65. The molecule has 1 amide bonds. The summed E-state index contributed by atoms with van der Waals surface area (Å²) in [6.07, 6.45) is 11.8. The van der Waals surface area contributed by atoms with Crippen LogP contribution in [0.15, 0.2) is 61.1 Å². The predicted octanol–water partition coefficient (Wildman–Crippen LogP) is 5.46. The molecule has 1 unspecified atom stereocenters. The summed E-state index contributed by atoms with van der Waals surface area (Å²) in [6, 6.07) is 14.3. The Kier molecular flexibility index (Phi) is 6.80. The van der Waals surface area contributed by atoms with Crippen LogP contribution < -0.4 is 10.2 Å². The Hall–Kier alpha value is -3.28. The number of carbonyl (C=O) groups excluding carboxylic acids is 1. The van der Waals surface area contributed by atoms with Gasteiger partial charge in [0, 0.05) is 37.1 Å². The van der Waals surface area contributed by atoms with E-state index < -0.39 is 0 Å². The number of amides is 1. The van der Waals surface area contributed by atoms with Crippen molar-refractivity contribution in [3.8, 4) is 0 Å². The molecule has 6 nitrogen and oxygen atoms in total. The van der Waals surface area contributed by atoms with E-state index in [2.05, 4.69) is 52.5 Å². The van der Waals surface area contributed by atoms with Crippen LogP contribution in [0.1, 0.15) is 85.6 Å². The second-order valence-corrected chi connectivity index (χ2v) is 10.2. The van der Waals surface area contributed by atoms with Gasteiger partial charge >= 0.3 is 0 Å². The standard InChI is InChI=1S/C29H35N5O/c1-21-12-17-34(18-13-21)28-31-20-25(27(35)32-22(2)23-9-8-16-30-19-23)26(33-28)29(14-6-7-15-29)24-10-4-3-5-11-24/h3-5,8-11,16,19-22H,6-7,12-15,17-18H2,1-2H3,(H,32,35). The first-order chi connectivity index (χ1) is 17.1. The molecule has 5 rings (SSSR count). The van der Waals surface area contributed by atoms with E-state index in [4.69, 9.17) is 9.97 Å². The van der Waals surface area contributed by atoms with Gasteiger partial charge < -0.3 is 10.2 Å². The Labute approximate surface area is 208 Å². The summed E-state index contributed by atoms with van der Waals surface area (Å²) in [5.41, 5.74) is 3.40. The highest BCUT2D eigenvalue weighted by atomic mass is 16.1. The number of nitrogens with zero attached hydrogens (tertiary/aromatic N) is 4. The first-order valence-electron chi connectivity index (χ1n) is 13.0. The van der Waals surface area contributed by atoms with Crippen LogP contribution in [0.5, 0.6) is 0 Å². The zero-order valence-corrected chi connectivity index (χ0v) is 20.8. The summed E-state index contributed by atoms with van der Waals surface area (Å²) in [7, 11) is 0. The van der Waals surface area contributed by atoms with Gasteiger partial charge in [0.05, 0.1) is 17.3 Å². The number of pyridine rings is 1. The van der Waals surface area contributed by atoms with Crippen LogP contribution in [0.2, 0.25) is 0 Å². The first-order valence-corrected chi connectivity index (χ1v) is 13.0. The van der Waals surface area contributed by atoms with E-state index in [0.717, 1.165) is 74.7 Å². The normalized spacial score (nSPS) is 18.9. The van der Waals surface area contributed by atoms with Gasteiger partial charge in [-0.25, -0.2) is 9.97 Å². The number of nitrogens with one attached hydrogen (secondary N) is 1. The van der Waals surface area contributed by atoms with Gasteiger partial charge in [0.2, 0.25) is 5.95 Å². The van der Waals surface area contributed by atoms with Crippen molar-refractivity contribution in [2.75, 3.05) is 18.0 Å². The third kappa shape index (κ3) is 4.79. The number of benzene rings is 1. The lowest BCUT2D eigenvalue weighted by Gasteiger charge is -2.34. The summed E-state index contributed by atoms with van der Waals surface area (Å²) in [4.78, 5) is 30.1. The smallest absolute Gasteiger partial charge is 0.255 e. The molecule has 2 fully saturated rings. The van der Waals surface area contributed by atoms with Crippen molar-refractivity contribution in [3.63, 3.8) is 0 Å². The van der Waals surface area contributed by atoms with Crippen molar-refractivity contribution in [2.45, 2.75) is 63.8 Å². The van der Waals surface area contributed by atoms with Crippen LogP contribution in [0.4, 0.5) is 5.95 Å². The fourth-order valence-electron chi connectivity index (χ4n) is 5.65. The maximum atomic E-state index is 13.7. The van der Waals surface area contributed by atoms with Crippen molar-refractivity contribution in [2.24, 2.45) is 5.92 Å². The largest absolute Gasteiger partial charge is 0.345 e. The van der Waals surface area contributed by atoms with E-state index in [1.807, 2.05) is 19.1 Å². The molecule has 0 bridgehead atoms. The van der Waals surface area contributed by atoms with Crippen LogP contribution in [0.25, 0.3) is 0 Å². The van der Waals surface area contributed by atoms with Gasteiger partial charge in [-0.3, -0.25) is 9.78 Å². The van der Waals surface area contributed by atoms with E-state index in [1.165, 1.54) is 5.56 Å². The third-order valence-electron chi connectivity index (χ3n) is 7.86. The van der Waals surface area contributed by atoms with Crippen molar-refractivity contribution >= 4 is 11.9 Å². The molecule has 3 heterocycles. The van der Waals surface area contributed by atoms with E-state index in [9.17, 15) is 4.79 Å². The monoisotopic (exact) mass is 469 g/mol. The minimum absolute atomic E-state index is 0.127. The Morgan fingerprint density at radius 3 is 2.49 bits per heavy atom. The molecule has 1 N–H and O–H groups in total. The minimum atomic E-state index is -0.272. The van der Waals surface area contributed by atoms with Gasteiger partial charge in [0.25, 0.3) is 5.91 Å². The van der Waals surface area contributed by atoms with Crippen molar-refractivity contribution < 1.29 is 4.79 Å². The highest BCUT2D eigenvalue weighted by Gasteiger charge is 2.42. The Bertz CT molecular complexity index is 1140. The van der Waals surface area contributed by atoms with Gasteiger partial charge in [-0.2, -0.15) is 0 Å². The van der Waals surface area contributed by atoms with Crippen LogP contribution in [0.3, 0.4) is 0 Å². The highest BCUT2D eigenvalue weighted by Crippen LogP contribution is 2.47. The summed E-state index contributed by atoms with van der Waals surface area (Å²) in [6.45, 7) is 6.22. The van der Waals surface area contributed by atoms with Crippen LogP contribution in [-0.2, 0) is 5.41 Å². The number of aromatic nitrogens is 3. The minimum Gasteiger partial charge on any atom is -0.345 e. The molecule has 2 aliphatic rings. The fraction of sp³-hybridized carbons (Fsp3) is 0.448. The highest BCUT2D eigenvalue weighted by molar-refractivity contribution is 5.96. The SMILES string of the molecule is CC1CCN(c2ncc(C(=O)NC(C)c3cccnc3)c(C3(c4ccccc4)CCCC3)n2)CC1. The summed E-state index contributed by atoms with van der Waals surface area (Å²) < 4.78 is 0. The lowest BCUT2D eigenvalue weighted by molar-refractivity contribution is 0.0936. The second kappa shape index (κ2) is 10.1. The molecule has 3 aromatic rings. The van der Waals surface area contributed by atoms with E-state index >= 15 is 0 Å². The topological polar surface area (TPSA) is 71.0 Å². The van der Waals surface area contributed by atoms with Crippen LogP contribution >= 0.6 is 0 Å². The summed E-state index contributed by atoms with van der Waals surface area (Å²) in [5.74, 6) is 1.36. The number of hydrogen-bond acceptors (Lipinski definition) is 5. The predicted molar refractivity (Wildman–Crippen MR) is 138 cm³/mol. The molecule has 35 heavy (non-hydrogen) atoms. The van der Waals surface area contributed by atoms with E-state index in [1.54, 1.807) is 18.6 Å². The Balaban J connectivity index is 1.55. The molecule has 1 aromatic carbocycles. The van der Waals surface area contributed by atoms with Gasteiger partial charge in [-0.05, 0) is 55.7 Å². The van der Waals surface area contributed by atoms with Crippen LogP contribution in [0, 0.1) is 5.92 Å². The molecular weight excluding hydrogens is 434 g/mol. The molecular formula is C29H35N5O. The van der Waals surface area contributed by atoms with Gasteiger partial charge in [0.15, 0.2) is 0 Å². The lowest BCUT2D eigenvalue weighted by Crippen LogP contribution is -2.37. The number of rotatable bonds is 6. The maximum Gasteiger partial charge on any atom is 0.255 e. The first kappa shape index (κ1) is 23.5. The van der Waals surface area contributed by atoms with E-state index in [-0.39, 0.29) is 17.4 Å².